The van der Waals surface area contributed by atoms with Crippen LogP contribution >= 0.6 is 11.6 Å². The Hall–Kier alpha value is -1.58. The van der Waals surface area contributed by atoms with Crippen LogP contribution in [0.3, 0.4) is 0 Å². The maximum absolute atomic E-state index is 8.00. The largest absolute Gasteiger partial charge is 0.377 e. The van der Waals surface area contributed by atoms with E-state index in [4.69, 9.17) is 16.4 Å². The fourth-order valence-corrected chi connectivity index (χ4v) is 2.29. The molecule has 0 aliphatic heterocycles. The van der Waals surface area contributed by atoms with Crippen molar-refractivity contribution in [3.63, 3.8) is 0 Å². The first-order chi connectivity index (χ1) is 12.8. The topological polar surface area (TPSA) is 23.6 Å². The smallest absolute Gasteiger partial charge is 0.106 e. The predicted molar refractivity (Wildman–Crippen MR) is 125 cm³/mol. The average molecular weight is 397 g/mol. The van der Waals surface area contributed by atoms with Crippen molar-refractivity contribution < 1.29 is 4.79 Å². The summed E-state index contributed by atoms with van der Waals surface area (Å²) in [5.41, 5.74) is 4.98. The number of benzene rings is 1. The van der Waals surface area contributed by atoms with E-state index in [1.807, 2.05) is 46.6 Å². The molecule has 27 heavy (non-hydrogen) atoms. The minimum absolute atomic E-state index is 0.791. The molecule has 0 aliphatic carbocycles. The molecule has 0 amide bonds. The van der Waals surface area contributed by atoms with Crippen LogP contribution in [0.5, 0.6) is 0 Å². The maximum Gasteiger partial charge on any atom is 0.106 e. The molecular weight excluding hydrogens is 356 g/mol. The van der Waals surface area contributed by atoms with Gasteiger partial charge in [0, 0.05) is 30.9 Å². The first kappa shape index (κ1) is 30.2. The van der Waals surface area contributed by atoms with Gasteiger partial charge in [0.2, 0.25) is 0 Å². The summed E-state index contributed by atoms with van der Waals surface area (Å²) in [7, 11) is 6.33. The molecule has 156 valence electrons. The fraction of sp³-hybridized carbons (Fsp3) is 0.522. The van der Waals surface area contributed by atoms with Crippen LogP contribution in [0.2, 0.25) is 5.02 Å². The summed E-state index contributed by atoms with van der Waals surface area (Å²) in [5.74, 6) is 0. The summed E-state index contributed by atoms with van der Waals surface area (Å²) in [6.45, 7) is 18.5. The molecule has 0 heterocycles. The molecule has 0 aromatic heterocycles. The highest BCUT2D eigenvalue weighted by Crippen LogP contribution is 2.22. The number of carbonyl (C=O) groups excluding carboxylic acids is 1. The van der Waals surface area contributed by atoms with E-state index in [1.54, 1.807) is 0 Å². The Morgan fingerprint density at radius 2 is 1.52 bits per heavy atom. The lowest BCUT2D eigenvalue weighted by Crippen LogP contribution is -2.27. The van der Waals surface area contributed by atoms with Gasteiger partial charge in [-0.25, -0.2) is 0 Å². The molecule has 1 aromatic carbocycles. The molecule has 0 bridgehead atoms. The van der Waals surface area contributed by atoms with E-state index in [1.165, 1.54) is 22.4 Å². The van der Waals surface area contributed by atoms with E-state index in [2.05, 4.69) is 69.9 Å². The number of hydrogen-bond donors (Lipinski definition) is 0. The van der Waals surface area contributed by atoms with Crippen LogP contribution in [-0.4, -0.2) is 50.8 Å². The Bertz CT molecular complexity index is 551. The van der Waals surface area contributed by atoms with E-state index >= 15 is 0 Å². The molecule has 1 rings (SSSR count). The van der Waals surface area contributed by atoms with Crippen molar-refractivity contribution in [2.45, 2.75) is 48.5 Å². The van der Waals surface area contributed by atoms with E-state index < -0.39 is 0 Å². The zero-order valence-corrected chi connectivity index (χ0v) is 19.9. The standard InChI is InChI=1S/C18H27ClN2.2C2H6.CH2O/c1-14(18-10-9-17(19)13-15(18)2)7-8-16(3)21(6)12-11-20(4)5;3*1-2/h7-10,13H,11-12H2,1-6H3;2*1-2H3;1H2/b14-7+,16-8+;;;. The lowest BCUT2D eigenvalue weighted by Gasteiger charge is -2.21. The van der Waals surface area contributed by atoms with Crippen molar-refractivity contribution in [3.8, 4) is 0 Å². The van der Waals surface area contributed by atoms with Gasteiger partial charge in [-0.2, -0.15) is 0 Å². The molecule has 4 heteroatoms. The third-order valence-electron chi connectivity index (χ3n) is 3.67. The first-order valence-electron chi connectivity index (χ1n) is 9.57. The summed E-state index contributed by atoms with van der Waals surface area (Å²) in [6.07, 6.45) is 4.36. The van der Waals surface area contributed by atoms with Crippen molar-refractivity contribution in [1.29, 1.82) is 0 Å². The number of carbonyl (C=O) groups is 1. The van der Waals surface area contributed by atoms with Crippen molar-refractivity contribution in [2.75, 3.05) is 34.2 Å². The van der Waals surface area contributed by atoms with E-state index in [-0.39, 0.29) is 0 Å². The highest BCUT2D eigenvalue weighted by atomic mass is 35.5. The zero-order chi connectivity index (χ0) is 22.0. The highest BCUT2D eigenvalue weighted by Gasteiger charge is 2.02. The van der Waals surface area contributed by atoms with Gasteiger partial charge in [-0.1, -0.05) is 51.4 Å². The minimum Gasteiger partial charge on any atom is -0.377 e. The Labute approximate surface area is 173 Å². The number of likely N-dealkylation sites (N-methyl/N-ethyl adjacent to an activating group) is 2. The van der Waals surface area contributed by atoms with Crippen LogP contribution in [0.1, 0.15) is 52.7 Å². The van der Waals surface area contributed by atoms with Gasteiger partial charge in [-0.3, -0.25) is 0 Å². The number of aryl methyl sites for hydroxylation is 1. The number of hydrogen-bond acceptors (Lipinski definition) is 3. The summed E-state index contributed by atoms with van der Waals surface area (Å²) >= 11 is 6.01. The molecule has 0 saturated heterocycles. The summed E-state index contributed by atoms with van der Waals surface area (Å²) in [5, 5.41) is 0.791. The second kappa shape index (κ2) is 19.2. The molecule has 3 nitrogen and oxygen atoms in total. The van der Waals surface area contributed by atoms with E-state index in [9.17, 15) is 0 Å². The second-order valence-corrected chi connectivity index (χ2v) is 6.28. The number of nitrogens with zero attached hydrogens (tertiary/aromatic N) is 2. The van der Waals surface area contributed by atoms with Crippen LogP contribution in [0, 0.1) is 6.92 Å². The molecule has 0 spiro atoms. The van der Waals surface area contributed by atoms with Crippen LogP contribution in [0.4, 0.5) is 0 Å². The van der Waals surface area contributed by atoms with Crippen molar-refractivity contribution in [1.82, 2.24) is 9.80 Å². The van der Waals surface area contributed by atoms with E-state index in [0.717, 1.165) is 18.1 Å². The quantitative estimate of drug-likeness (QED) is 0.526. The van der Waals surface area contributed by atoms with E-state index in [0.29, 0.717) is 0 Å². The predicted octanol–water partition coefficient (Wildman–Crippen LogP) is 6.32. The Kier molecular flexibility index (Phi) is 21.4. The van der Waals surface area contributed by atoms with Gasteiger partial charge < -0.3 is 14.6 Å². The normalized spacial score (nSPS) is 10.7. The molecule has 0 radical (unpaired) electrons. The van der Waals surface area contributed by atoms with Gasteiger partial charge in [-0.05, 0) is 69.8 Å². The van der Waals surface area contributed by atoms with Gasteiger partial charge in [0.05, 0.1) is 0 Å². The number of halogens is 1. The molecule has 0 unspecified atom stereocenters. The highest BCUT2D eigenvalue weighted by molar-refractivity contribution is 6.30. The maximum atomic E-state index is 8.00. The Morgan fingerprint density at radius 1 is 1.00 bits per heavy atom. The molecule has 0 atom stereocenters. The van der Waals surface area contributed by atoms with Gasteiger partial charge >= 0.3 is 0 Å². The summed E-state index contributed by atoms with van der Waals surface area (Å²) < 4.78 is 0. The van der Waals surface area contributed by atoms with Crippen molar-refractivity contribution in [2.24, 2.45) is 0 Å². The lowest BCUT2D eigenvalue weighted by molar-refractivity contribution is -0.0979. The first-order valence-corrected chi connectivity index (χ1v) is 9.95. The van der Waals surface area contributed by atoms with Gasteiger partial charge in [0.15, 0.2) is 0 Å². The zero-order valence-electron chi connectivity index (χ0n) is 19.2. The SMILES string of the molecule is C/C(=C\C=C(/C)N(C)CCN(C)C)c1ccc(Cl)cc1C.C=O.CC.CC. The van der Waals surface area contributed by atoms with Gasteiger partial charge in [0.1, 0.15) is 6.79 Å². The van der Waals surface area contributed by atoms with Crippen LogP contribution in [0.15, 0.2) is 36.0 Å². The summed E-state index contributed by atoms with van der Waals surface area (Å²) in [4.78, 5) is 12.5. The fourth-order valence-electron chi connectivity index (χ4n) is 2.06. The molecular formula is C23H41ClN2O. The Balaban J connectivity index is -0.000000869. The Morgan fingerprint density at radius 3 is 1.96 bits per heavy atom. The van der Waals surface area contributed by atoms with Crippen molar-refractivity contribution in [3.05, 3.63) is 52.2 Å². The second-order valence-electron chi connectivity index (χ2n) is 5.84. The molecule has 0 saturated carbocycles. The number of allylic oxidation sites excluding steroid dienone is 4. The minimum atomic E-state index is 0.791. The van der Waals surface area contributed by atoms with Gasteiger partial charge in [0.25, 0.3) is 0 Å². The van der Waals surface area contributed by atoms with Crippen LogP contribution in [0.25, 0.3) is 5.57 Å². The molecule has 0 aliphatic rings. The third-order valence-corrected chi connectivity index (χ3v) is 3.91. The molecule has 0 fully saturated rings. The van der Waals surface area contributed by atoms with Crippen LogP contribution < -0.4 is 0 Å². The summed E-state index contributed by atoms with van der Waals surface area (Å²) in [6, 6.07) is 6.04. The number of rotatable bonds is 6. The lowest BCUT2D eigenvalue weighted by atomic mass is 10.0. The third kappa shape index (κ3) is 14.2. The average Bonchev–Trinajstić information content (AvgIpc) is 2.68. The molecule has 0 N–H and O–H groups in total. The van der Waals surface area contributed by atoms with Gasteiger partial charge in [-0.15, -0.1) is 0 Å². The monoisotopic (exact) mass is 396 g/mol. The van der Waals surface area contributed by atoms with Crippen LogP contribution in [-0.2, 0) is 4.79 Å². The van der Waals surface area contributed by atoms with Crippen molar-refractivity contribution >= 4 is 24.0 Å². The molecule has 1 aromatic rings.